The van der Waals surface area contributed by atoms with E-state index in [0.717, 1.165) is 11.8 Å². The van der Waals surface area contributed by atoms with Crippen molar-refractivity contribution in [3.05, 3.63) is 0 Å². The van der Waals surface area contributed by atoms with Crippen LogP contribution in [-0.2, 0) is 9.59 Å². The molecule has 0 radical (unpaired) electrons. The summed E-state index contributed by atoms with van der Waals surface area (Å²) >= 11 is 0.947. The smallest absolute Gasteiger partial charge is 0.328 e. The molecule has 0 aliphatic carbocycles. The molecule has 0 bridgehead atoms. The first-order chi connectivity index (χ1) is 5.45. The van der Waals surface area contributed by atoms with E-state index in [1.165, 1.54) is 0 Å². The highest BCUT2D eigenvalue weighted by molar-refractivity contribution is 8.01. The molecule has 0 heterocycles. The number of carboxylic acids is 2. The van der Waals surface area contributed by atoms with Crippen LogP contribution in [0.25, 0.3) is 0 Å². The van der Waals surface area contributed by atoms with E-state index in [0.29, 0.717) is 11.7 Å². The summed E-state index contributed by atoms with van der Waals surface area (Å²) in [5.74, 6) is -1.72. The van der Waals surface area contributed by atoms with Crippen LogP contribution in [0.3, 0.4) is 0 Å². The molecule has 12 heavy (non-hydrogen) atoms. The lowest BCUT2D eigenvalue weighted by molar-refractivity contribution is -0.146. The standard InChI is InChI=1S/C7H12O4S/c1-4(2)3-12-5(6(8)9)7(10)11/h4-5H,3H2,1-2H3,(H,8,9)(H,10,11). The highest BCUT2D eigenvalue weighted by atomic mass is 32.2. The van der Waals surface area contributed by atoms with E-state index in [1.54, 1.807) is 0 Å². The van der Waals surface area contributed by atoms with Gasteiger partial charge in [0.05, 0.1) is 0 Å². The zero-order chi connectivity index (χ0) is 9.72. The van der Waals surface area contributed by atoms with Crippen molar-refractivity contribution in [3.63, 3.8) is 0 Å². The van der Waals surface area contributed by atoms with Crippen LogP contribution in [0.2, 0.25) is 0 Å². The molecule has 5 heteroatoms. The first-order valence-corrected chi connectivity index (χ1v) is 4.57. The van der Waals surface area contributed by atoms with Gasteiger partial charge in [0.1, 0.15) is 0 Å². The Bertz CT molecular complexity index is 164. The van der Waals surface area contributed by atoms with Crippen molar-refractivity contribution in [2.45, 2.75) is 19.1 Å². The Morgan fingerprint density at radius 2 is 1.67 bits per heavy atom. The molecule has 0 amide bonds. The third-order valence-electron chi connectivity index (χ3n) is 1.04. The van der Waals surface area contributed by atoms with Crippen molar-refractivity contribution in [1.82, 2.24) is 0 Å². The van der Waals surface area contributed by atoms with E-state index in [9.17, 15) is 9.59 Å². The summed E-state index contributed by atoms with van der Waals surface area (Å²) in [6, 6.07) is 0. The lowest BCUT2D eigenvalue weighted by atomic mass is 10.3. The average molecular weight is 192 g/mol. The van der Waals surface area contributed by atoms with Crippen molar-refractivity contribution in [2.24, 2.45) is 5.92 Å². The SMILES string of the molecule is CC(C)CSC(C(=O)O)C(=O)O. The topological polar surface area (TPSA) is 74.6 Å². The van der Waals surface area contributed by atoms with Gasteiger partial charge >= 0.3 is 11.9 Å². The van der Waals surface area contributed by atoms with Gasteiger partial charge in [-0.2, -0.15) is 0 Å². The molecule has 0 rings (SSSR count). The Hall–Kier alpha value is -0.710. The van der Waals surface area contributed by atoms with E-state index in [-0.39, 0.29) is 0 Å². The van der Waals surface area contributed by atoms with E-state index in [4.69, 9.17) is 10.2 Å². The van der Waals surface area contributed by atoms with Gasteiger partial charge in [-0.05, 0) is 11.7 Å². The van der Waals surface area contributed by atoms with E-state index >= 15 is 0 Å². The van der Waals surface area contributed by atoms with E-state index in [1.807, 2.05) is 13.8 Å². The predicted molar refractivity (Wildman–Crippen MR) is 46.4 cm³/mol. The Morgan fingerprint density at radius 3 is 1.92 bits per heavy atom. The molecule has 0 aromatic heterocycles. The largest absolute Gasteiger partial charge is 0.480 e. The number of aliphatic carboxylic acids is 2. The number of rotatable bonds is 5. The Labute approximate surface area is 75.0 Å². The summed E-state index contributed by atoms with van der Waals surface area (Å²) in [6.45, 7) is 3.82. The predicted octanol–water partition coefficient (Wildman–Crippen LogP) is 0.913. The molecular weight excluding hydrogens is 180 g/mol. The van der Waals surface area contributed by atoms with Crippen LogP contribution in [-0.4, -0.2) is 33.2 Å². The molecule has 0 spiro atoms. The van der Waals surface area contributed by atoms with Gasteiger partial charge in [-0.15, -0.1) is 11.8 Å². The molecule has 0 saturated heterocycles. The monoisotopic (exact) mass is 192 g/mol. The minimum Gasteiger partial charge on any atom is -0.480 e. The summed E-state index contributed by atoms with van der Waals surface area (Å²) in [7, 11) is 0. The minimum atomic E-state index is -1.33. The maximum atomic E-state index is 10.4. The van der Waals surface area contributed by atoms with Crippen molar-refractivity contribution >= 4 is 23.7 Å². The van der Waals surface area contributed by atoms with Crippen LogP contribution in [0.1, 0.15) is 13.8 Å². The van der Waals surface area contributed by atoms with Crippen LogP contribution in [0, 0.1) is 5.92 Å². The van der Waals surface area contributed by atoms with Crippen LogP contribution in [0.5, 0.6) is 0 Å². The number of hydrogen-bond donors (Lipinski definition) is 2. The summed E-state index contributed by atoms with van der Waals surface area (Å²) in [4.78, 5) is 20.7. The van der Waals surface area contributed by atoms with Gasteiger partial charge in [0.15, 0.2) is 5.25 Å². The molecule has 0 fully saturated rings. The summed E-state index contributed by atoms with van der Waals surface area (Å²) < 4.78 is 0. The molecular formula is C7H12O4S. The van der Waals surface area contributed by atoms with Crippen LogP contribution >= 0.6 is 11.8 Å². The maximum Gasteiger partial charge on any atom is 0.328 e. The highest BCUT2D eigenvalue weighted by Crippen LogP contribution is 2.15. The number of carbonyl (C=O) groups is 2. The third kappa shape index (κ3) is 4.23. The maximum absolute atomic E-state index is 10.4. The fourth-order valence-corrected chi connectivity index (χ4v) is 1.40. The Balaban J connectivity index is 3.97. The Morgan fingerprint density at radius 1 is 1.25 bits per heavy atom. The molecule has 2 N–H and O–H groups in total. The summed E-state index contributed by atoms with van der Waals surface area (Å²) in [6.07, 6.45) is 0. The van der Waals surface area contributed by atoms with E-state index < -0.39 is 17.2 Å². The normalized spacial score (nSPS) is 10.7. The fourth-order valence-electron chi connectivity index (χ4n) is 0.537. The number of hydrogen-bond acceptors (Lipinski definition) is 3. The van der Waals surface area contributed by atoms with Gasteiger partial charge in [-0.25, -0.2) is 0 Å². The molecule has 0 aromatic rings. The minimum absolute atomic E-state index is 0.302. The first-order valence-electron chi connectivity index (χ1n) is 3.52. The van der Waals surface area contributed by atoms with Crippen molar-refractivity contribution < 1.29 is 19.8 Å². The number of carboxylic acid groups (broad SMARTS) is 2. The summed E-state index contributed by atoms with van der Waals surface area (Å²) in [5, 5.41) is 15.6. The summed E-state index contributed by atoms with van der Waals surface area (Å²) in [5.41, 5.74) is 0. The van der Waals surface area contributed by atoms with E-state index in [2.05, 4.69) is 0 Å². The van der Waals surface area contributed by atoms with Crippen molar-refractivity contribution in [3.8, 4) is 0 Å². The molecule has 0 saturated carbocycles. The lowest BCUT2D eigenvalue weighted by Crippen LogP contribution is -2.27. The second-order valence-electron chi connectivity index (χ2n) is 2.78. The van der Waals surface area contributed by atoms with Crippen molar-refractivity contribution in [2.75, 3.05) is 5.75 Å². The number of thioether (sulfide) groups is 1. The van der Waals surface area contributed by atoms with Gasteiger partial charge in [-0.3, -0.25) is 9.59 Å². The molecule has 0 unspecified atom stereocenters. The second kappa shape index (κ2) is 5.03. The quantitative estimate of drug-likeness (QED) is 0.633. The fraction of sp³-hybridized carbons (Fsp3) is 0.714. The van der Waals surface area contributed by atoms with Gasteiger partial charge in [0.2, 0.25) is 0 Å². The zero-order valence-electron chi connectivity index (χ0n) is 6.98. The average Bonchev–Trinajstić information content (AvgIpc) is 1.84. The van der Waals surface area contributed by atoms with Gasteiger partial charge in [0, 0.05) is 0 Å². The van der Waals surface area contributed by atoms with Crippen LogP contribution in [0.4, 0.5) is 0 Å². The molecule has 0 atom stereocenters. The van der Waals surface area contributed by atoms with Gasteiger partial charge in [0.25, 0.3) is 0 Å². The Kier molecular flexibility index (Phi) is 4.73. The first kappa shape index (κ1) is 11.3. The molecule has 4 nitrogen and oxygen atoms in total. The molecule has 0 aliphatic rings. The van der Waals surface area contributed by atoms with Crippen LogP contribution < -0.4 is 0 Å². The third-order valence-corrected chi connectivity index (χ3v) is 2.64. The molecule has 0 aromatic carbocycles. The van der Waals surface area contributed by atoms with Crippen LogP contribution in [0.15, 0.2) is 0 Å². The zero-order valence-corrected chi connectivity index (χ0v) is 7.80. The second-order valence-corrected chi connectivity index (χ2v) is 3.92. The van der Waals surface area contributed by atoms with Crippen molar-refractivity contribution in [1.29, 1.82) is 0 Å². The van der Waals surface area contributed by atoms with Gasteiger partial charge in [-0.1, -0.05) is 13.8 Å². The van der Waals surface area contributed by atoms with Gasteiger partial charge < -0.3 is 10.2 Å². The molecule has 70 valence electrons. The molecule has 0 aliphatic heterocycles. The lowest BCUT2D eigenvalue weighted by Gasteiger charge is -2.08. The highest BCUT2D eigenvalue weighted by Gasteiger charge is 2.25.